The first-order valence-electron chi connectivity index (χ1n) is 6.72. The van der Waals surface area contributed by atoms with Gasteiger partial charge in [0, 0.05) is 0 Å². The molecule has 0 unspecified atom stereocenters. The third kappa shape index (κ3) is 3.54. The van der Waals surface area contributed by atoms with Crippen LogP contribution < -0.4 is 15.2 Å². The van der Waals surface area contributed by atoms with E-state index in [9.17, 15) is 0 Å². The van der Waals surface area contributed by atoms with Crippen molar-refractivity contribution in [1.82, 2.24) is 0 Å². The smallest absolute Gasteiger partial charge is 0.130 e. The number of nitrogens with one attached hydrogen (secondary N) is 1. The van der Waals surface area contributed by atoms with E-state index in [0.717, 1.165) is 16.9 Å². The normalized spacial score (nSPS) is 10.2. The Kier molecular flexibility index (Phi) is 4.48. The number of benzene rings is 2. The van der Waals surface area contributed by atoms with Gasteiger partial charge in [-0.05, 0) is 43.2 Å². The van der Waals surface area contributed by atoms with E-state index in [1.54, 1.807) is 13.2 Å². The van der Waals surface area contributed by atoms with E-state index in [4.69, 9.17) is 20.6 Å². The fraction of sp³-hybridized carbons (Fsp3) is 0.235. The lowest BCUT2D eigenvalue weighted by atomic mass is 10.1. The van der Waals surface area contributed by atoms with Crippen molar-refractivity contribution in [1.29, 1.82) is 5.41 Å². The minimum atomic E-state index is -0.00584. The lowest BCUT2D eigenvalue weighted by Gasteiger charge is -2.12. The Hall–Kier alpha value is -2.49. The summed E-state index contributed by atoms with van der Waals surface area (Å²) in [5.74, 6) is 1.45. The summed E-state index contributed by atoms with van der Waals surface area (Å²) in [6.45, 7) is 4.53. The summed E-state index contributed by atoms with van der Waals surface area (Å²) in [5, 5.41) is 7.50. The lowest BCUT2D eigenvalue weighted by Crippen LogP contribution is -2.12. The van der Waals surface area contributed by atoms with Gasteiger partial charge in [0.05, 0.1) is 12.7 Å². The monoisotopic (exact) mass is 284 g/mol. The van der Waals surface area contributed by atoms with Crippen molar-refractivity contribution in [2.45, 2.75) is 20.5 Å². The molecule has 0 aromatic heterocycles. The number of aryl methyl sites for hydroxylation is 2. The van der Waals surface area contributed by atoms with Crippen LogP contribution in [0.25, 0.3) is 0 Å². The molecule has 0 fully saturated rings. The van der Waals surface area contributed by atoms with Gasteiger partial charge in [-0.15, -0.1) is 0 Å². The van der Waals surface area contributed by atoms with Crippen LogP contribution in [-0.2, 0) is 6.61 Å². The number of amidine groups is 1. The summed E-state index contributed by atoms with van der Waals surface area (Å²) >= 11 is 0. The summed E-state index contributed by atoms with van der Waals surface area (Å²) in [5.41, 5.74) is 9.40. The highest BCUT2D eigenvalue weighted by molar-refractivity contribution is 5.97. The second-order valence-corrected chi connectivity index (χ2v) is 5.01. The van der Waals surface area contributed by atoms with Gasteiger partial charge in [0.15, 0.2) is 0 Å². The van der Waals surface area contributed by atoms with Crippen LogP contribution in [0.3, 0.4) is 0 Å². The van der Waals surface area contributed by atoms with Gasteiger partial charge in [0.25, 0.3) is 0 Å². The molecule has 0 heterocycles. The zero-order valence-electron chi connectivity index (χ0n) is 12.6. The Labute approximate surface area is 125 Å². The molecule has 0 aliphatic carbocycles. The van der Waals surface area contributed by atoms with Gasteiger partial charge < -0.3 is 15.2 Å². The van der Waals surface area contributed by atoms with Gasteiger partial charge in [-0.1, -0.05) is 23.8 Å². The average Bonchev–Trinajstić information content (AvgIpc) is 2.45. The predicted molar refractivity (Wildman–Crippen MR) is 84.3 cm³/mol. The molecule has 0 aliphatic rings. The Morgan fingerprint density at radius 1 is 1.10 bits per heavy atom. The minimum absolute atomic E-state index is 0.00584. The third-order valence-electron chi connectivity index (χ3n) is 3.28. The molecule has 0 aliphatic heterocycles. The Bertz CT molecular complexity index is 666. The summed E-state index contributed by atoms with van der Waals surface area (Å²) in [6.07, 6.45) is 0. The highest BCUT2D eigenvalue weighted by Crippen LogP contribution is 2.23. The van der Waals surface area contributed by atoms with E-state index < -0.39 is 0 Å². The van der Waals surface area contributed by atoms with E-state index in [2.05, 4.69) is 13.0 Å². The predicted octanol–water partition coefficient (Wildman–Crippen LogP) is 3.18. The summed E-state index contributed by atoms with van der Waals surface area (Å²) < 4.78 is 11.1. The molecule has 0 bridgehead atoms. The molecule has 2 aromatic carbocycles. The van der Waals surface area contributed by atoms with Gasteiger partial charge in [-0.3, -0.25) is 5.41 Å². The van der Waals surface area contributed by atoms with Crippen molar-refractivity contribution >= 4 is 5.84 Å². The first-order valence-corrected chi connectivity index (χ1v) is 6.72. The Morgan fingerprint density at radius 2 is 1.86 bits per heavy atom. The van der Waals surface area contributed by atoms with Crippen LogP contribution in [0, 0.1) is 19.3 Å². The third-order valence-corrected chi connectivity index (χ3v) is 3.28. The van der Waals surface area contributed by atoms with Gasteiger partial charge >= 0.3 is 0 Å². The summed E-state index contributed by atoms with van der Waals surface area (Å²) in [7, 11) is 1.57. The van der Waals surface area contributed by atoms with Crippen LogP contribution in [0.4, 0.5) is 0 Å². The zero-order valence-corrected chi connectivity index (χ0v) is 12.6. The maximum Gasteiger partial charge on any atom is 0.130 e. The largest absolute Gasteiger partial charge is 0.496 e. The van der Waals surface area contributed by atoms with Crippen LogP contribution in [0.5, 0.6) is 11.5 Å². The molecule has 0 saturated carbocycles. The number of nitrogens with two attached hydrogens (primary N) is 1. The van der Waals surface area contributed by atoms with Gasteiger partial charge in [-0.2, -0.15) is 0 Å². The molecule has 0 radical (unpaired) electrons. The van der Waals surface area contributed by atoms with Crippen molar-refractivity contribution in [3.8, 4) is 11.5 Å². The van der Waals surface area contributed by atoms with Gasteiger partial charge in [0.1, 0.15) is 23.9 Å². The first-order chi connectivity index (χ1) is 10.0. The molecule has 2 aromatic rings. The van der Waals surface area contributed by atoms with E-state index in [1.807, 2.05) is 31.2 Å². The second-order valence-electron chi connectivity index (χ2n) is 5.01. The topological polar surface area (TPSA) is 68.3 Å². The van der Waals surface area contributed by atoms with Crippen molar-refractivity contribution in [2.24, 2.45) is 5.73 Å². The number of nitrogen functional groups attached to an aromatic ring is 1. The standard InChI is InChI=1S/C17H20N2O2/c1-11-4-7-15(12(2)8-11)21-10-13-5-6-14(17(18)19)16(9-13)20-3/h4-9H,10H2,1-3H3,(H3,18,19). The number of rotatable bonds is 5. The number of hydrogen-bond acceptors (Lipinski definition) is 3. The van der Waals surface area contributed by atoms with Crippen LogP contribution >= 0.6 is 0 Å². The van der Waals surface area contributed by atoms with Gasteiger partial charge in [0.2, 0.25) is 0 Å². The minimum Gasteiger partial charge on any atom is -0.496 e. The molecule has 0 amide bonds. The van der Waals surface area contributed by atoms with E-state index in [1.165, 1.54) is 5.56 Å². The highest BCUT2D eigenvalue weighted by Gasteiger charge is 2.08. The Morgan fingerprint density at radius 3 is 2.48 bits per heavy atom. The SMILES string of the molecule is COc1cc(COc2ccc(C)cc2C)ccc1C(=N)N. The fourth-order valence-electron chi connectivity index (χ4n) is 2.17. The molecule has 0 atom stereocenters. The van der Waals surface area contributed by atoms with Crippen LogP contribution in [0.2, 0.25) is 0 Å². The molecule has 3 N–H and O–H groups in total. The van der Waals surface area contributed by atoms with Crippen LogP contribution in [0.1, 0.15) is 22.3 Å². The fourth-order valence-corrected chi connectivity index (χ4v) is 2.17. The summed E-state index contributed by atoms with van der Waals surface area (Å²) in [6, 6.07) is 11.6. The van der Waals surface area contributed by atoms with E-state index >= 15 is 0 Å². The van der Waals surface area contributed by atoms with Crippen molar-refractivity contribution in [3.05, 3.63) is 58.7 Å². The molecule has 4 nitrogen and oxygen atoms in total. The van der Waals surface area contributed by atoms with E-state index in [-0.39, 0.29) is 5.84 Å². The van der Waals surface area contributed by atoms with Crippen molar-refractivity contribution in [3.63, 3.8) is 0 Å². The molecule has 0 spiro atoms. The lowest BCUT2D eigenvalue weighted by molar-refractivity contribution is 0.303. The molecule has 110 valence electrons. The van der Waals surface area contributed by atoms with Crippen molar-refractivity contribution in [2.75, 3.05) is 7.11 Å². The quantitative estimate of drug-likeness (QED) is 0.654. The van der Waals surface area contributed by atoms with Crippen molar-refractivity contribution < 1.29 is 9.47 Å². The van der Waals surface area contributed by atoms with Crippen LogP contribution in [-0.4, -0.2) is 12.9 Å². The molecule has 21 heavy (non-hydrogen) atoms. The number of hydrogen-bond donors (Lipinski definition) is 2. The maximum atomic E-state index is 7.50. The Balaban J connectivity index is 2.15. The highest BCUT2D eigenvalue weighted by atomic mass is 16.5. The second kappa shape index (κ2) is 6.31. The average molecular weight is 284 g/mol. The maximum absolute atomic E-state index is 7.50. The number of methoxy groups -OCH3 is 1. The molecular weight excluding hydrogens is 264 g/mol. The first kappa shape index (κ1) is 14.9. The molecule has 2 rings (SSSR count). The van der Waals surface area contributed by atoms with Crippen LogP contribution in [0.15, 0.2) is 36.4 Å². The zero-order chi connectivity index (χ0) is 15.4. The molecule has 0 saturated heterocycles. The number of ether oxygens (including phenoxy) is 2. The van der Waals surface area contributed by atoms with E-state index in [0.29, 0.717) is 17.9 Å². The van der Waals surface area contributed by atoms with Gasteiger partial charge in [-0.25, -0.2) is 0 Å². The molecule has 4 heteroatoms. The molecular formula is C17H20N2O2. The summed E-state index contributed by atoms with van der Waals surface area (Å²) in [4.78, 5) is 0.